The molecule has 0 fully saturated rings. The summed E-state index contributed by atoms with van der Waals surface area (Å²) < 4.78 is 5.63. The number of hydrogen-bond donors (Lipinski definition) is 1. The zero-order chi connectivity index (χ0) is 18.5. The molecule has 0 aliphatic heterocycles. The SMILES string of the molecule is CC(=O)c1ccc(Oc2ccc(Nc3ccccc3)cc2)c([N+](=O)[O-])c1. The van der Waals surface area contributed by atoms with Gasteiger partial charge in [-0.1, -0.05) is 18.2 Å². The largest absolute Gasteiger partial charge is 0.450 e. The molecule has 0 unspecified atom stereocenters. The Hall–Kier alpha value is -3.67. The summed E-state index contributed by atoms with van der Waals surface area (Å²) in [4.78, 5) is 22.1. The van der Waals surface area contributed by atoms with Gasteiger partial charge in [-0.15, -0.1) is 0 Å². The van der Waals surface area contributed by atoms with Gasteiger partial charge < -0.3 is 10.1 Å². The van der Waals surface area contributed by atoms with Gasteiger partial charge in [0.05, 0.1) is 4.92 Å². The van der Waals surface area contributed by atoms with Crippen molar-refractivity contribution in [3.63, 3.8) is 0 Å². The Morgan fingerprint density at radius 3 is 2.23 bits per heavy atom. The highest BCUT2D eigenvalue weighted by atomic mass is 16.6. The van der Waals surface area contributed by atoms with Gasteiger partial charge in [-0.3, -0.25) is 14.9 Å². The van der Waals surface area contributed by atoms with Crippen LogP contribution in [0.4, 0.5) is 17.1 Å². The maximum Gasteiger partial charge on any atom is 0.312 e. The summed E-state index contributed by atoms with van der Waals surface area (Å²) in [6.45, 7) is 1.36. The van der Waals surface area contributed by atoms with E-state index in [0.717, 1.165) is 11.4 Å². The van der Waals surface area contributed by atoms with Crippen LogP contribution in [0, 0.1) is 10.1 Å². The number of nitro benzene ring substituents is 1. The Balaban J connectivity index is 1.79. The molecule has 6 nitrogen and oxygen atoms in total. The van der Waals surface area contributed by atoms with Gasteiger partial charge in [0, 0.05) is 23.0 Å². The fourth-order valence-corrected chi connectivity index (χ4v) is 2.39. The van der Waals surface area contributed by atoms with Crippen LogP contribution in [0.3, 0.4) is 0 Å². The normalized spacial score (nSPS) is 10.2. The van der Waals surface area contributed by atoms with Crippen molar-refractivity contribution in [1.82, 2.24) is 0 Å². The maximum atomic E-state index is 11.4. The van der Waals surface area contributed by atoms with E-state index in [4.69, 9.17) is 4.74 Å². The Bertz CT molecular complexity index is 938. The highest BCUT2D eigenvalue weighted by Gasteiger charge is 2.18. The van der Waals surface area contributed by atoms with Gasteiger partial charge in [-0.2, -0.15) is 0 Å². The van der Waals surface area contributed by atoms with Crippen molar-refractivity contribution in [2.45, 2.75) is 6.92 Å². The second kappa shape index (κ2) is 7.48. The van der Waals surface area contributed by atoms with Gasteiger partial charge in [0.15, 0.2) is 5.78 Å². The van der Waals surface area contributed by atoms with Gasteiger partial charge in [0.25, 0.3) is 0 Å². The fraction of sp³-hybridized carbons (Fsp3) is 0.0500. The highest BCUT2D eigenvalue weighted by Crippen LogP contribution is 2.33. The van der Waals surface area contributed by atoms with Gasteiger partial charge in [-0.05, 0) is 55.5 Å². The van der Waals surface area contributed by atoms with Crippen LogP contribution in [0.5, 0.6) is 11.5 Å². The topological polar surface area (TPSA) is 81.5 Å². The van der Waals surface area contributed by atoms with Crippen LogP contribution in [-0.2, 0) is 0 Å². The number of carbonyl (C=O) groups excluding carboxylic acids is 1. The molecule has 0 aliphatic rings. The van der Waals surface area contributed by atoms with Gasteiger partial charge in [0.2, 0.25) is 5.75 Å². The number of nitro groups is 1. The molecule has 0 bridgehead atoms. The first kappa shape index (κ1) is 17.2. The quantitative estimate of drug-likeness (QED) is 0.370. The lowest BCUT2D eigenvalue weighted by Gasteiger charge is -2.09. The Kier molecular flexibility index (Phi) is 4.94. The zero-order valence-electron chi connectivity index (χ0n) is 14.0. The molecule has 0 radical (unpaired) electrons. The van der Waals surface area contributed by atoms with E-state index in [0.29, 0.717) is 5.75 Å². The number of rotatable bonds is 6. The molecule has 1 N–H and O–H groups in total. The molecular weight excluding hydrogens is 332 g/mol. The molecule has 0 amide bonds. The van der Waals surface area contributed by atoms with E-state index in [2.05, 4.69) is 5.32 Å². The van der Waals surface area contributed by atoms with E-state index in [1.165, 1.54) is 25.1 Å². The first-order chi connectivity index (χ1) is 12.5. The average Bonchev–Trinajstić information content (AvgIpc) is 2.64. The van der Waals surface area contributed by atoms with Crippen molar-refractivity contribution >= 4 is 22.8 Å². The van der Waals surface area contributed by atoms with Crippen LogP contribution >= 0.6 is 0 Å². The molecule has 3 aromatic carbocycles. The van der Waals surface area contributed by atoms with E-state index in [9.17, 15) is 14.9 Å². The van der Waals surface area contributed by atoms with E-state index in [-0.39, 0.29) is 22.8 Å². The predicted octanol–water partition coefficient (Wildman–Crippen LogP) is 5.33. The molecule has 26 heavy (non-hydrogen) atoms. The Morgan fingerprint density at radius 2 is 1.62 bits per heavy atom. The predicted molar refractivity (Wildman–Crippen MR) is 99.3 cm³/mol. The molecule has 3 aromatic rings. The Morgan fingerprint density at radius 1 is 0.962 bits per heavy atom. The summed E-state index contributed by atoms with van der Waals surface area (Å²) in [6.07, 6.45) is 0. The van der Waals surface area contributed by atoms with Crippen molar-refractivity contribution < 1.29 is 14.5 Å². The number of Topliss-reactive ketones (excluding diaryl/α,β-unsaturated/α-hetero) is 1. The number of carbonyl (C=O) groups is 1. The molecule has 0 atom stereocenters. The molecule has 3 rings (SSSR count). The van der Waals surface area contributed by atoms with Gasteiger partial charge in [0.1, 0.15) is 5.75 Å². The number of para-hydroxylation sites is 1. The summed E-state index contributed by atoms with van der Waals surface area (Å²) >= 11 is 0. The lowest BCUT2D eigenvalue weighted by atomic mass is 10.1. The first-order valence-corrected chi connectivity index (χ1v) is 7.92. The summed E-state index contributed by atoms with van der Waals surface area (Å²) in [6, 6.07) is 20.9. The van der Waals surface area contributed by atoms with E-state index in [1.807, 2.05) is 42.5 Å². The standard InChI is InChI=1S/C20H16N2O4/c1-14(23)15-7-12-20(19(13-15)22(24)25)26-18-10-8-17(9-11-18)21-16-5-3-2-4-6-16/h2-13,21H,1H3. The lowest BCUT2D eigenvalue weighted by molar-refractivity contribution is -0.385. The minimum Gasteiger partial charge on any atom is -0.450 e. The summed E-state index contributed by atoms with van der Waals surface area (Å²) in [7, 11) is 0. The number of ether oxygens (including phenoxy) is 1. The van der Waals surface area contributed by atoms with E-state index < -0.39 is 4.92 Å². The van der Waals surface area contributed by atoms with Crippen LogP contribution in [0.25, 0.3) is 0 Å². The molecule has 0 aliphatic carbocycles. The highest BCUT2D eigenvalue weighted by molar-refractivity contribution is 5.95. The van der Waals surface area contributed by atoms with Crippen molar-refractivity contribution in [1.29, 1.82) is 0 Å². The van der Waals surface area contributed by atoms with Crippen molar-refractivity contribution in [2.24, 2.45) is 0 Å². The molecule has 0 heterocycles. The summed E-state index contributed by atoms with van der Waals surface area (Å²) in [5, 5.41) is 14.5. The van der Waals surface area contributed by atoms with Crippen LogP contribution in [-0.4, -0.2) is 10.7 Å². The molecule has 0 aromatic heterocycles. The van der Waals surface area contributed by atoms with Gasteiger partial charge >= 0.3 is 5.69 Å². The van der Waals surface area contributed by atoms with E-state index in [1.54, 1.807) is 12.1 Å². The smallest absolute Gasteiger partial charge is 0.312 e. The van der Waals surface area contributed by atoms with E-state index >= 15 is 0 Å². The van der Waals surface area contributed by atoms with Crippen LogP contribution in [0.2, 0.25) is 0 Å². The molecule has 0 saturated heterocycles. The van der Waals surface area contributed by atoms with Crippen molar-refractivity contribution in [2.75, 3.05) is 5.32 Å². The maximum absolute atomic E-state index is 11.4. The van der Waals surface area contributed by atoms with Crippen LogP contribution < -0.4 is 10.1 Å². The third kappa shape index (κ3) is 4.05. The second-order valence-corrected chi connectivity index (χ2v) is 5.61. The summed E-state index contributed by atoms with van der Waals surface area (Å²) in [5.41, 5.74) is 1.84. The fourth-order valence-electron chi connectivity index (χ4n) is 2.39. The number of ketones is 1. The molecular formula is C20H16N2O4. The third-order valence-corrected chi connectivity index (χ3v) is 3.71. The zero-order valence-corrected chi connectivity index (χ0v) is 14.0. The molecule has 130 valence electrons. The molecule has 0 saturated carbocycles. The van der Waals surface area contributed by atoms with Crippen LogP contribution in [0.15, 0.2) is 72.8 Å². The molecule has 6 heteroatoms. The average molecular weight is 348 g/mol. The Labute approximate surface area is 150 Å². The first-order valence-electron chi connectivity index (χ1n) is 7.92. The number of nitrogens with zero attached hydrogens (tertiary/aromatic N) is 1. The number of anilines is 2. The number of benzene rings is 3. The molecule has 0 spiro atoms. The summed E-state index contributed by atoms with van der Waals surface area (Å²) in [5.74, 6) is 0.307. The monoisotopic (exact) mass is 348 g/mol. The minimum absolute atomic E-state index is 0.0868. The third-order valence-electron chi connectivity index (χ3n) is 3.71. The number of hydrogen-bond acceptors (Lipinski definition) is 5. The van der Waals surface area contributed by atoms with Gasteiger partial charge in [-0.25, -0.2) is 0 Å². The van der Waals surface area contributed by atoms with Crippen LogP contribution in [0.1, 0.15) is 17.3 Å². The minimum atomic E-state index is -0.562. The number of nitrogens with one attached hydrogen (secondary N) is 1. The lowest BCUT2D eigenvalue weighted by Crippen LogP contribution is -1.98. The second-order valence-electron chi connectivity index (χ2n) is 5.61. The van der Waals surface area contributed by atoms with Crippen molar-refractivity contribution in [3.05, 3.63) is 88.5 Å². The van der Waals surface area contributed by atoms with Crippen molar-refractivity contribution in [3.8, 4) is 11.5 Å².